The first-order chi connectivity index (χ1) is 13.9. The SMILES string of the molecule is CC(C)(C)c1ccc(N2CC3CN(C(=O)c4onc5c4CCCC5)CC3C2)nn1. The summed E-state index contributed by atoms with van der Waals surface area (Å²) in [4.78, 5) is 17.3. The van der Waals surface area contributed by atoms with Crippen LogP contribution in [0.4, 0.5) is 5.82 Å². The van der Waals surface area contributed by atoms with E-state index in [1.54, 1.807) is 0 Å². The number of aromatic nitrogens is 3. The molecule has 4 heterocycles. The van der Waals surface area contributed by atoms with Crippen LogP contribution in [0, 0.1) is 11.8 Å². The Morgan fingerprint density at radius 1 is 1.03 bits per heavy atom. The van der Waals surface area contributed by atoms with Crippen LogP contribution in [-0.2, 0) is 18.3 Å². The molecule has 1 aliphatic carbocycles. The van der Waals surface area contributed by atoms with Crippen molar-refractivity contribution in [1.82, 2.24) is 20.3 Å². The predicted molar refractivity (Wildman–Crippen MR) is 109 cm³/mol. The van der Waals surface area contributed by atoms with Gasteiger partial charge in [-0.05, 0) is 37.8 Å². The number of rotatable bonds is 2. The Labute approximate surface area is 171 Å². The Morgan fingerprint density at radius 2 is 1.76 bits per heavy atom. The highest BCUT2D eigenvalue weighted by molar-refractivity contribution is 5.93. The van der Waals surface area contributed by atoms with Crippen molar-refractivity contribution < 1.29 is 9.32 Å². The number of hydrogen-bond acceptors (Lipinski definition) is 6. The number of likely N-dealkylation sites (tertiary alicyclic amines) is 1. The number of carbonyl (C=O) groups is 1. The Hall–Kier alpha value is -2.44. The van der Waals surface area contributed by atoms with Crippen molar-refractivity contribution >= 4 is 11.7 Å². The quantitative estimate of drug-likeness (QED) is 0.778. The molecule has 29 heavy (non-hydrogen) atoms. The van der Waals surface area contributed by atoms with Crippen molar-refractivity contribution in [3.8, 4) is 0 Å². The summed E-state index contributed by atoms with van der Waals surface area (Å²) in [5.41, 5.74) is 3.05. The van der Waals surface area contributed by atoms with Crippen molar-refractivity contribution in [1.29, 1.82) is 0 Å². The highest BCUT2D eigenvalue weighted by atomic mass is 16.5. The molecule has 0 aromatic carbocycles. The third-order valence-electron chi connectivity index (χ3n) is 6.67. The zero-order chi connectivity index (χ0) is 20.2. The number of anilines is 1. The smallest absolute Gasteiger partial charge is 0.292 e. The van der Waals surface area contributed by atoms with Crippen LogP contribution in [0.15, 0.2) is 16.7 Å². The van der Waals surface area contributed by atoms with E-state index in [-0.39, 0.29) is 11.3 Å². The second-order valence-electron chi connectivity index (χ2n) is 9.81. The van der Waals surface area contributed by atoms with E-state index < -0.39 is 0 Å². The van der Waals surface area contributed by atoms with E-state index >= 15 is 0 Å². The van der Waals surface area contributed by atoms with Crippen LogP contribution in [0.25, 0.3) is 0 Å². The summed E-state index contributed by atoms with van der Waals surface area (Å²) in [6.45, 7) is 9.85. The molecule has 0 bridgehead atoms. The molecular formula is C22H29N5O2. The molecule has 3 aliphatic rings. The topological polar surface area (TPSA) is 75.4 Å². The fourth-order valence-electron chi connectivity index (χ4n) is 4.94. The van der Waals surface area contributed by atoms with E-state index in [9.17, 15) is 4.79 Å². The molecule has 2 atom stereocenters. The Morgan fingerprint density at radius 3 is 2.41 bits per heavy atom. The molecule has 7 nitrogen and oxygen atoms in total. The van der Waals surface area contributed by atoms with Gasteiger partial charge in [-0.2, -0.15) is 5.10 Å². The second-order valence-corrected chi connectivity index (χ2v) is 9.81. The van der Waals surface area contributed by atoms with E-state index in [0.717, 1.165) is 74.6 Å². The van der Waals surface area contributed by atoms with Crippen molar-refractivity contribution in [3.63, 3.8) is 0 Å². The second kappa shape index (κ2) is 6.82. The fourth-order valence-corrected chi connectivity index (χ4v) is 4.94. The zero-order valence-corrected chi connectivity index (χ0v) is 17.5. The molecule has 2 aromatic rings. The third-order valence-corrected chi connectivity index (χ3v) is 6.67. The minimum Gasteiger partial charge on any atom is -0.354 e. The minimum absolute atomic E-state index is 0.00775. The normalized spacial score (nSPS) is 24.0. The molecule has 1 amide bonds. The first-order valence-electron chi connectivity index (χ1n) is 10.8. The Bertz CT molecular complexity index is 900. The maximum absolute atomic E-state index is 13.1. The Kier molecular flexibility index (Phi) is 4.37. The summed E-state index contributed by atoms with van der Waals surface area (Å²) in [6, 6.07) is 4.16. The molecule has 7 heteroatoms. The van der Waals surface area contributed by atoms with Crippen molar-refractivity contribution in [2.75, 3.05) is 31.1 Å². The van der Waals surface area contributed by atoms with Gasteiger partial charge in [0.1, 0.15) is 0 Å². The van der Waals surface area contributed by atoms with Crippen LogP contribution in [0.1, 0.15) is 61.1 Å². The van der Waals surface area contributed by atoms with Gasteiger partial charge in [0.05, 0.1) is 11.4 Å². The van der Waals surface area contributed by atoms with Crippen LogP contribution < -0.4 is 4.90 Å². The van der Waals surface area contributed by atoms with Gasteiger partial charge in [0.15, 0.2) is 5.82 Å². The Balaban J connectivity index is 1.24. The molecule has 0 spiro atoms. The zero-order valence-electron chi connectivity index (χ0n) is 17.5. The van der Waals surface area contributed by atoms with Gasteiger partial charge in [-0.1, -0.05) is 25.9 Å². The van der Waals surface area contributed by atoms with Crippen LogP contribution in [0.3, 0.4) is 0 Å². The van der Waals surface area contributed by atoms with E-state index in [1.807, 2.05) is 4.90 Å². The van der Waals surface area contributed by atoms with Crippen LogP contribution in [0.5, 0.6) is 0 Å². The molecule has 0 radical (unpaired) electrons. The van der Waals surface area contributed by atoms with Gasteiger partial charge < -0.3 is 14.3 Å². The maximum atomic E-state index is 13.1. The number of nitrogens with zero attached hydrogens (tertiary/aromatic N) is 5. The lowest BCUT2D eigenvalue weighted by Crippen LogP contribution is -2.34. The highest BCUT2D eigenvalue weighted by Crippen LogP contribution is 2.35. The average Bonchev–Trinajstić information content (AvgIpc) is 3.39. The molecule has 2 aromatic heterocycles. The van der Waals surface area contributed by atoms with Gasteiger partial charge in [0.2, 0.25) is 5.76 Å². The number of aryl methyl sites for hydroxylation is 1. The van der Waals surface area contributed by atoms with Gasteiger partial charge in [-0.3, -0.25) is 4.79 Å². The summed E-state index contributed by atoms with van der Waals surface area (Å²) < 4.78 is 5.47. The van der Waals surface area contributed by atoms with Gasteiger partial charge in [-0.15, -0.1) is 5.10 Å². The van der Waals surface area contributed by atoms with Gasteiger partial charge in [0.25, 0.3) is 5.91 Å². The lowest BCUT2D eigenvalue weighted by atomic mass is 9.92. The molecule has 5 rings (SSSR count). The number of amides is 1. The van der Waals surface area contributed by atoms with Gasteiger partial charge >= 0.3 is 0 Å². The third kappa shape index (κ3) is 3.30. The van der Waals surface area contributed by atoms with Crippen molar-refractivity contribution in [2.24, 2.45) is 11.8 Å². The van der Waals surface area contributed by atoms with Crippen LogP contribution in [-0.4, -0.2) is 52.3 Å². The lowest BCUT2D eigenvalue weighted by molar-refractivity contribution is 0.0739. The molecule has 2 fully saturated rings. The van der Waals surface area contributed by atoms with Crippen LogP contribution in [0.2, 0.25) is 0 Å². The minimum atomic E-state index is 0.00775. The predicted octanol–water partition coefficient (Wildman–Crippen LogP) is 2.85. The molecule has 154 valence electrons. The number of carbonyl (C=O) groups excluding carboxylic acids is 1. The lowest BCUT2D eigenvalue weighted by Gasteiger charge is -2.23. The summed E-state index contributed by atoms with van der Waals surface area (Å²) in [7, 11) is 0. The number of hydrogen-bond donors (Lipinski definition) is 0. The van der Waals surface area contributed by atoms with Gasteiger partial charge in [-0.25, -0.2) is 0 Å². The molecule has 0 saturated carbocycles. The van der Waals surface area contributed by atoms with Crippen molar-refractivity contribution in [2.45, 2.75) is 51.9 Å². The molecule has 2 aliphatic heterocycles. The fraction of sp³-hybridized carbons (Fsp3) is 0.636. The van der Waals surface area contributed by atoms with Gasteiger partial charge in [0, 0.05) is 49.0 Å². The monoisotopic (exact) mass is 395 g/mol. The molecule has 2 unspecified atom stereocenters. The standard InChI is InChI=1S/C22H29N5O2/c1-22(2,3)18-8-9-19(24-23-18)26-10-14-12-27(13-15(14)11-26)21(28)20-16-6-4-5-7-17(16)25-29-20/h8-9,14-15H,4-7,10-13H2,1-3H3. The summed E-state index contributed by atoms with van der Waals surface area (Å²) in [5.74, 6) is 2.40. The summed E-state index contributed by atoms with van der Waals surface area (Å²) in [5, 5.41) is 13.1. The maximum Gasteiger partial charge on any atom is 0.292 e. The van der Waals surface area contributed by atoms with Crippen molar-refractivity contribution in [3.05, 3.63) is 34.8 Å². The first kappa shape index (κ1) is 18.6. The number of fused-ring (bicyclic) bond motifs is 2. The van der Waals surface area contributed by atoms with E-state index in [2.05, 4.69) is 53.2 Å². The molecule has 2 saturated heterocycles. The van der Waals surface area contributed by atoms with E-state index in [0.29, 0.717) is 17.6 Å². The highest BCUT2D eigenvalue weighted by Gasteiger charge is 2.43. The van der Waals surface area contributed by atoms with Crippen LogP contribution >= 0.6 is 0 Å². The molecular weight excluding hydrogens is 366 g/mol. The first-order valence-corrected chi connectivity index (χ1v) is 10.8. The van der Waals surface area contributed by atoms with E-state index in [1.165, 1.54) is 0 Å². The summed E-state index contributed by atoms with van der Waals surface area (Å²) >= 11 is 0. The average molecular weight is 396 g/mol. The summed E-state index contributed by atoms with van der Waals surface area (Å²) in [6.07, 6.45) is 4.10. The largest absolute Gasteiger partial charge is 0.354 e. The van der Waals surface area contributed by atoms with E-state index in [4.69, 9.17) is 4.52 Å². The molecule has 0 N–H and O–H groups in total.